The van der Waals surface area contributed by atoms with Crippen LogP contribution in [0.25, 0.3) is 0 Å². The lowest BCUT2D eigenvalue weighted by atomic mass is 10.2. The maximum absolute atomic E-state index is 8.97. The fourth-order valence-corrected chi connectivity index (χ4v) is 2.54. The molecule has 0 unspecified atom stereocenters. The molecule has 0 aliphatic carbocycles. The van der Waals surface area contributed by atoms with E-state index in [1.807, 2.05) is 7.05 Å². The fraction of sp³-hybridized carbons (Fsp3) is 0.692. The Labute approximate surface area is 114 Å². The topological polar surface area (TPSA) is 64.5 Å². The lowest BCUT2D eigenvalue weighted by Gasteiger charge is -2.36. The van der Waals surface area contributed by atoms with Crippen LogP contribution in [-0.4, -0.2) is 66.4 Å². The second-order valence-corrected chi connectivity index (χ2v) is 4.68. The van der Waals surface area contributed by atoms with Crippen molar-refractivity contribution in [3.8, 4) is 0 Å². The molecule has 2 N–H and O–H groups in total. The van der Waals surface area contributed by atoms with Crippen molar-refractivity contribution in [3.05, 3.63) is 11.9 Å². The summed E-state index contributed by atoms with van der Waals surface area (Å²) < 4.78 is 0. The summed E-state index contributed by atoms with van der Waals surface area (Å²) in [4.78, 5) is 13.3. The van der Waals surface area contributed by atoms with Crippen molar-refractivity contribution in [1.29, 1.82) is 0 Å². The van der Waals surface area contributed by atoms with Crippen molar-refractivity contribution in [2.45, 2.75) is 13.3 Å². The van der Waals surface area contributed by atoms with Gasteiger partial charge in [-0.3, -0.25) is 4.90 Å². The van der Waals surface area contributed by atoms with Gasteiger partial charge in [-0.05, 0) is 6.42 Å². The standard InChI is InChI=1S/C13H23N5O/c1-3-11-12(14-2)15-10-16-13(11)18-6-4-17(5-7-18)8-9-19/h10,19H,3-9H2,1-2H3,(H,14,15,16). The maximum atomic E-state index is 8.97. The van der Waals surface area contributed by atoms with Gasteiger partial charge in [-0.25, -0.2) is 9.97 Å². The van der Waals surface area contributed by atoms with Gasteiger partial charge in [0.1, 0.15) is 18.0 Å². The molecule has 1 aromatic heterocycles. The molecule has 1 aliphatic heterocycles. The number of β-amino-alcohol motifs (C(OH)–C–C–N with tert-alkyl or cyclic N) is 1. The molecule has 1 aromatic rings. The van der Waals surface area contributed by atoms with Crippen molar-refractivity contribution in [3.63, 3.8) is 0 Å². The summed E-state index contributed by atoms with van der Waals surface area (Å²) in [7, 11) is 1.89. The maximum Gasteiger partial charge on any atom is 0.137 e. The molecule has 0 radical (unpaired) electrons. The first-order valence-corrected chi connectivity index (χ1v) is 6.90. The Morgan fingerprint density at radius 1 is 1.26 bits per heavy atom. The number of nitrogens with one attached hydrogen (secondary N) is 1. The summed E-state index contributed by atoms with van der Waals surface area (Å²) in [5, 5.41) is 12.1. The Morgan fingerprint density at radius 2 is 2.00 bits per heavy atom. The Hall–Kier alpha value is -1.40. The van der Waals surface area contributed by atoms with Crippen molar-refractivity contribution in [2.24, 2.45) is 0 Å². The van der Waals surface area contributed by atoms with Crippen LogP contribution in [0.4, 0.5) is 11.6 Å². The van der Waals surface area contributed by atoms with E-state index >= 15 is 0 Å². The average Bonchev–Trinajstić information content (AvgIpc) is 2.47. The van der Waals surface area contributed by atoms with E-state index in [1.54, 1.807) is 6.33 Å². The SMILES string of the molecule is CCc1c(NC)ncnc1N1CCN(CCO)CC1. The van der Waals surface area contributed by atoms with Gasteiger partial charge in [-0.2, -0.15) is 0 Å². The summed E-state index contributed by atoms with van der Waals surface area (Å²) in [5.41, 5.74) is 1.18. The van der Waals surface area contributed by atoms with Gasteiger partial charge in [0.15, 0.2) is 0 Å². The minimum Gasteiger partial charge on any atom is -0.395 e. The average molecular weight is 265 g/mol. The molecule has 6 nitrogen and oxygen atoms in total. The molecule has 1 fully saturated rings. The molecule has 0 saturated carbocycles. The van der Waals surface area contributed by atoms with Gasteiger partial charge in [0.25, 0.3) is 0 Å². The molecular weight excluding hydrogens is 242 g/mol. The van der Waals surface area contributed by atoms with Crippen LogP contribution in [0, 0.1) is 0 Å². The third-order valence-corrected chi connectivity index (χ3v) is 3.60. The number of aromatic nitrogens is 2. The number of anilines is 2. The summed E-state index contributed by atoms with van der Waals surface area (Å²) in [5.74, 6) is 1.97. The molecule has 2 rings (SSSR count). The van der Waals surface area contributed by atoms with Crippen LogP contribution >= 0.6 is 0 Å². The molecule has 0 spiro atoms. The number of nitrogens with zero attached hydrogens (tertiary/aromatic N) is 4. The molecule has 0 bridgehead atoms. The van der Waals surface area contributed by atoms with Gasteiger partial charge >= 0.3 is 0 Å². The predicted octanol–water partition coefficient (Wildman–Crippen LogP) is 0.195. The highest BCUT2D eigenvalue weighted by molar-refractivity contribution is 5.58. The predicted molar refractivity (Wildman–Crippen MR) is 76.7 cm³/mol. The molecule has 0 atom stereocenters. The zero-order valence-electron chi connectivity index (χ0n) is 11.8. The second-order valence-electron chi connectivity index (χ2n) is 4.68. The molecule has 0 amide bonds. The number of aliphatic hydroxyl groups excluding tert-OH is 1. The number of piperazine rings is 1. The number of hydrogen-bond donors (Lipinski definition) is 2. The quantitative estimate of drug-likeness (QED) is 0.792. The van der Waals surface area contributed by atoms with Gasteiger partial charge in [0.05, 0.1) is 6.61 Å². The Morgan fingerprint density at radius 3 is 2.58 bits per heavy atom. The van der Waals surface area contributed by atoms with Crippen molar-refractivity contribution in [2.75, 3.05) is 56.6 Å². The lowest BCUT2D eigenvalue weighted by Crippen LogP contribution is -2.47. The highest BCUT2D eigenvalue weighted by atomic mass is 16.3. The third kappa shape index (κ3) is 3.13. The van der Waals surface area contributed by atoms with Crippen molar-refractivity contribution >= 4 is 11.6 Å². The first-order chi connectivity index (χ1) is 9.30. The fourth-order valence-electron chi connectivity index (χ4n) is 2.54. The number of hydrogen-bond acceptors (Lipinski definition) is 6. The summed E-state index contributed by atoms with van der Waals surface area (Å²) in [6.07, 6.45) is 2.55. The van der Waals surface area contributed by atoms with Crippen LogP contribution in [0.5, 0.6) is 0 Å². The smallest absolute Gasteiger partial charge is 0.137 e. The van der Waals surface area contributed by atoms with E-state index in [0.29, 0.717) is 0 Å². The van der Waals surface area contributed by atoms with Crippen LogP contribution in [0.1, 0.15) is 12.5 Å². The minimum atomic E-state index is 0.234. The van der Waals surface area contributed by atoms with E-state index in [4.69, 9.17) is 5.11 Å². The zero-order valence-corrected chi connectivity index (χ0v) is 11.8. The molecule has 106 valence electrons. The Kier molecular flexibility index (Phi) is 4.93. The van der Waals surface area contributed by atoms with Crippen LogP contribution in [0.2, 0.25) is 0 Å². The Balaban J connectivity index is 2.11. The van der Waals surface area contributed by atoms with E-state index in [9.17, 15) is 0 Å². The highest BCUT2D eigenvalue weighted by Crippen LogP contribution is 2.24. The molecular formula is C13H23N5O. The van der Waals surface area contributed by atoms with E-state index in [0.717, 1.165) is 50.8 Å². The highest BCUT2D eigenvalue weighted by Gasteiger charge is 2.20. The van der Waals surface area contributed by atoms with Gasteiger partial charge in [-0.15, -0.1) is 0 Å². The normalized spacial score (nSPS) is 16.7. The zero-order chi connectivity index (χ0) is 13.7. The van der Waals surface area contributed by atoms with E-state index in [1.165, 1.54) is 5.56 Å². The molecule has 0 aromatic carbocycles. The van der Waals surface area contributed by atoms with Crippen LogP contribution in [0.15, 0.2) is 6.33 Å². The number of rotatable bonds is 5. The van der Waals surface area contributed by atoms with E-state index < -0.39 is 0 Å². The van der Waals surface area contributed by atoms with E-state index in [2.05, 4.69) is 32.0 Å². The summed E-state index contributed by atoms with van der Waals surface area (Å²) >= 11 is 0. The first kappa shape index (κ1) is 14.0. The van der Waals surface area contributed by atoms with Gasteiger partial charge in [0.2, 0.25) is 0 Å². The number of aliphatic hydroxyl groups is 1. The van der Waals surface area contributed by atoms with Gasteiger partial charge in [-0.1, -0.05) is 6.92 Å². The van der Waals surface area contributed by atoms with Gasteiger partial charge < -0.3 is 15.3 Å². The van der Waals surface area contributed by atoms with Crippen LogP contribution < -0.4 is 10.2 Å². The molecule has 1 aliphatic rings. The first-order valence-electron chi connectivity index (χ1n) is 6.90. The van der Waals surface area contributed by atoms with Crippen LogP contribution in [-0.2, 0) is 6.42 Å². The molecule has 2 heterocycles. The van der Waals surface area contributed by atoms with E-state index in [-0.39, 0.29) is 6.61 Å². The minimum absolute atomic E-state index is 0.234. The third-order valence-electron chi connectivity index (χ3n) is 3.60. The largest absolute Gasteiger partial charge is 0.395 e. The molecule has 6 heteroatoms. The summed E-state index contributed by atoms with van der Waals surface area (Å²) in [6, 6.07) is 0. The van der Waals surface area contributed by atoms with Crippen molar-refractivity contribution in [1.82, 2.24) is 14.9 Å². The lowest BCUT2D eigenvalue weighted by molar-refractivity contribution is 0.188. The molecule has 19 heavy (non-hydrogen) atoms. The van der Waals surface area contributed by atoms with Crippen LogP contribution in [0.3, 0.4) is 0 Å². The van der Waals surface area contributed by atoms with Crippen molar-refractivity contribution < 1.29 is 5.11 Å². The van der Waals surface area contributed by atoms with Gasteiger partial charge in [0, 0.05) is 45.3 Å². The second kappa shape index (κ2) is 6.68. The molecule has 1 saturated heterocycles. The Bertz CT molecular complexity index is 404. The monoisotopic (exact) mass is 265 g/mol. The summed E-state index contributed by atoms with van der Waals surface area (Å²) in [6.45, 7) is 6.98.